The maximum atomic E-state index is 5.49. The minimum atomic E-state index is 0.813. The highest BCUT2D eigenvalue weighted by atomic mass is 14.6. The van der Waals surface area contributed by atoms with Crippen LogP contribution < -0.4 is 5.73 Å². The average Bonchev–Trinajstić information content (AvgIpc) is 1.67. The lowest BCUT2D eigenvalue weighted by Crippen LogP contribution is -1.96. The Morgan fingerprint density at radius 1 is 1.75 bits per heavy atom. The summed E-state index contributed by atoms with van der Waals surface area (Å²) in [6, 6.07) is 0. The first-order chi connectivity index (χ1) is 3.68. The zero-order valence-electron chi connectivity index (χ0n) is 5.57. The van der Waals surface area contributed by atoms with E-state index in [9.17, 15) is 0 Å². The molecule has 0 amide bonds. The molecule has 0 aliphatic carbocycles. The Morgan fingerprint density at radius 2 is 2.25 bits per heavy atom. The van der Waals surface area contributed by atoms with E-state index in [2.05, 4.69) is 13.5 Å². The Hall–Kier alpha value is -0.720. The van der Waals surface area contributed by atoms with Crippen LogP contribution in [0.3, 0.4) is 0 Å². The predicted molar refractivity (Wildman–Crippen MR) is 37.4 cm³/mol. The molecule has 0 heterocycles. The first-order valence-corrected chi connectivity index (χ1v) is 2.80. The van der Waals surface area contributed by atoms with Crippen molar-refractivity contribution in [2.45, 2.75) is 20.3 Å². The molecule has 0 aromatic heterocycles. The number of hydrogen-bond donors (Lipinski definition) is 1. The van der Waals surface area contributed by atoms with Crippen molar-refractivity contribution in [3.05, 3.63) is 23.9 Å². The topological polar surface area (TPSA) is 26.0 Å². The lowest BCUT2D eigenvalue weighted by molar-refractivity contribution is 1.16. The molecule has 0 unspecified atom stereocenters. The molecule has 0 aromatic carbocycles. The van der Waals surface area contributed by atoms with E-state index in [1.807, 2.05) is 13.0 Å². The van der Waals surface area contributed by atoms with Gasteiger partial charge in [-0.25, -0.2) is 0 Å². The van der Waals surface area contributed by atoms with E-state index in [4.69, 9.17) is 5.73 Å². The Morgan fingerprint density at radius 3 is 2.38 bits per heavy atom. The lowest BCUT2D eigenvalue weighted by atomic mass is 10.2. The molecule has 0 atom stereocenters. The highest BCUT2D eigenvalue weighted by molar-refractivity contribution is 5.21. The zero-order chi connectivity index (χ0) is 6.57. The number of rotatable bonds is 2. The minimum absolute atomic E-state index is 0.813. The van der Waals surface area contributed by atoms with Gasteiger partial charge in [-0.05, 0) is 18.9 Å². The SMILES string of the molecule is C=C(C)/C(N)=C\CC. The molecule has 0 saturated heterocycles. The van der Waals surface area contributed by atoms with E-state index in [0.29, 0.717) is 0 Å². The van der Waals surface area contributed by atoms with Gasteiger partial charge in [0.15, 0.2) is 0 Å². The Kier molecular flexibility index (Phi) is 3.01. The molecule has 0 saturated carbocycles. The van der Waals surface area contributed by atoms with Gasteiger partial charge in [-0.3, -0.25) is 0 Å². The summed E-state index contributed by atoms with van der Waals surface area (Å²) in [5.74, 6) is 0. The summed E-state index contributed by atoms with van der Waals surface area (Å²) in [5.41, 5.74) is 7.25. The molecule has 0 aliphatic heterocycles. The predicted octanol–water partition coefficient (Wildman–Crippen LogP) is 1.82. The molecule has 0 aliphatic rings. The van der Waals surface area contributed by atoms with Gasteiger partial charge in [0.25, 0.3) is 0 Å². The summed E-state index contributed by atoms with van der Waals surface area (Å²) < 4.78 is 0. The van der Waals surface area contributed by atoms with Gasteiger partial charge in [0, 0.05) is 5.70 Å². The monoisotopic (exact) mass is 111 g/mol. The van der Waals surface area contributed by atoms with Crippen molar-refractivity contribution < 1.29 is 0 Å². The van der Waals surface area contributed by atoms with Crippen LogP contribution in [0, 0.1) is 0 Å². The van der Waals surface area contributed by atoms with Gasteiger partial charge in [-0.2, -0.15) is 0 Å². The van der Waals surface area contributed by atoms with Crippen molar-refractivity contribution in [2.75, 3.05) is 0 Å². The van der Waals surface area contributed by atoms with Crippen LogP contribution in [0.4, 0.5) is 0 Å². The van der Waals surface area contributed by atoms with Gasteiger partial charge in [0.1, 0.15) is 0 Å². The molecule has 2 N–H and O–H groups in total. The van der Waals surface area contributed by atoms with Crippen molar-refractivity contribution in [2.24, 2.45) is 5.73 Å². The largest absolute Gasteiger partial charge is 0.399 e. The second kappa shape index (κ2) is 3.30. The highest BCUT2D eigenvalue weighted by Crippen LogP contribution is 1.98. The van der Waals surface area contributed by atoms with Crippen molar-refractivity contribution in [3.8, 4) is 0 Å². The first kappa shape index (κ1) is 7.28. The quantitative estimate of drug-likeness (QED) is 0.540. The summed E-state index contributed by atoms with van der Waals surface area (Å²) in [4.78, 5) is 0. The molecule has 0 fully saturated rings. The summed E-state index contributed by atoms with van der Waals surface area (Å²) in [5, 5.41) is 0. The lowest BCUT2D eigenvalue weighted by Gasteiger charge is -1.94. The van der Waals surface area contributed by atoms with Crippen LogP contribution in [0.25, 0.3) is 0 Å². The molecule has 0 aromatic rings. The maximum Gasteiger partial charge on any atom is 0.0297 e. The number of allylic oxidation sites excluding steroid dienone is 2. The van der Waals surface area contributed by atoms with Gasteiger partial charge in [0.2, 0.25) is 0 Å². The Bertz CT molecular complexity index is 112. The van der Waals surface area contributed by atoms with Crippen molar-refractivity contribution in [3.63, 3.8) is 0 Å². The van der Waals surface area contributed by atoms with Crippen LogP contribution in [0.1, 0.15) is 20.3 Å². The molecule has 0 bridgehead atoms. The summed E-state index contributed by atoms with van der Waals surface area (Å²) >= 11 is 0. The molecule has 0 radical (unpaired) electrons. The minimum Gasteiger partial charge on any atom is -0.399 e. The van der Waals surface area contributed by atoms with E-state index >= 15 is 0 Å². The smallest absolute Gasteiger partial charge is 0.0297 e. The van der Waals surface area contributed by atoms with Gasteiger partial charge < -0.3 is 5.73 Å². The highest BCUT2D eigenvalue weighted by Gasteiger charge is 1.84. The summed E-state index contributed by atoms with van der Waals surface area (Å²) in [7, 11) is 0. The van der Waals surface area contributed by atoms with Gasteiger partial charge in [-0.15, -0.1) is 0 Å². The fourth-order valence-electron chi connectivity index (χ4n) is 0.394. The van der Waals surface area contributed by atoms with Crippen molar-refractivity contribution in [1.82, 2.24) is 0 Å². The van der Waals surface area contributed by atoms with E-state index in [0.717, 1.165) is 17.7 Å². The zero-order valence-corrected chi connectivity index (χ0v) is 5.57. The fourth-order valence-corrected chi connectivity index (χ4v) is 0.394. The Labute approximate surface area is 50.9 Å². The molecule has 1 heteroatoms. The molecular weight excluding hydrogens is 98.1 g/mol. The van der Waals surface area contributed by atoms with E-state index in [1.54, 1.807) is 0 Å². The second-order valence-corrected chi connectivity index (χ2v) is 1.85. The van der Waals surface area contributed by atoms with E-state index in [1.165, 1.54) is 0 Å². The summed E-state index contributed by atoms with van der Waals surface area (Å²) in [6.07, 6.45) is 2.95. The average molecular weight is 111 g/mol. The van der Waals surface area contributed by atoms with Crippen LogP contribution >= 0.6 is 0 Å². The van der Waals surface area contributed by atoms with Crippen LogP contribution in [-0.2, 0) is 0 Å². The first-order valence-electron chi connectivity index (χ1n) is 2.80. The number of hydrogen-bond acceptors (Lipinski definition) is 1. The van der Waals surface area contributed by atoms with Crippen molar-refractivity contribution in [1.29, 1.82) is 0 Å². The van der Waals surface area contributed by atoms with E-state index < -0.39 is 0 Å². The molecular formula is C7H13N. The molecule has 0 spiro atoms. The number of nitrogens with two attached hydrogens (primary N) is 1. The molecule has 46 valence electrons. The fraction of sp³-hybridized carbons (Fsp3) is 0.429. The molecule has 0 rings (SSSR count). The van der Waals surface area contributed by atoms with Crippen LogP contribution in [-0.4, -0.2) is 0 Å². The molecule has 1 nitrogen and oxygen atoms in total. The molecule has 8 heavy (non-hydrogen) atoms. The third kappa shape index (κ3) is 2.45. The van der Waals surface area contributed by atoms with Gasteiger partial charge in [-0.1, -0.05) is 19.6 Å². The normalized spacial score (nSPS) is 11.5. The Balaban J connectivity index is 3.80. The third-order valence-corrected chi connectivity index (χ3v) is 0.917. The standard InChI is InChI=1S/C7H13N/c1-4-5-7(8)6(2)3/h5H,2,4,8H2,1,3H3/b7-5+. The van der Waals surface area contributed by atoms with Crippen LogP contribution in [0.2, 0.25) is 0 Å². The van der Waals surface area contributed by atoms with Gasteiger partial charge >= 0.3 is 0 Å². The van der Waals surface area contributed by atoms with Gasteiger partial charge in [0.05, 0.1) is 0 Å². The maximum absolute atomic E-state index is 5.49. The third-order valence-electron chi connectivity index (χ3n) is 0.917. The van der Waals surface area contributed by atoms with Crippen LogP contribution in [0.5, 0.6) is 0 Å². The van der Waals surface area contributed by atoms with Crippen LogP contribution in [0.15, 0.2) is 23.9 Å². The van der Waals surface area contributed by atoms with Crippen molar-refractivity contribution >= 4 is 0 Å². The summed E-state index contributed by atoms with van der Waals surface area (Å²) in [6.45, 7) is 7.64. The second-order valence-electron chi connectivity index (χ2n) is 1.85. The van der Waals surface area contributed by atoms with E-state index in [-0.39, 0.29) is 0 Å².